The fourth-order valence-electron chi connectivity index (χ4n) is 3.52. The number of halogens is 1. The van der Waals surface area contributed by atoms with E-state index in [2.05, 4.69) is 25.5 Å². The Balaban J connectivity index is 1.46. The maximum absolute atomic E-state index is 13.2. The van der Waals surface area contributed by atoms with E-state index in [4.69, 9.17) is 0 Å². The molecule has 1 amide bonds. The fraction of sp³-hybridized carbons (Fsp3) is 0.316. The molecule has 1 unspecified atom stereocenters. The molecule has 3 heterocycles. The van der Waals surface area contributed by atoms with Crippen molar-refractivity contribution in [2.45, 2.75) is 31.1 Å². The minimum Gasteiger partial charge on any atom is -0.350 e. The van der Waals surface area contributed by atoms with Crippen LogP contribution in [0.2, 0.25) is 0 Å². The zero-order valence-corrected chi connectivity index (χ0v) is 14.1. The molecule has 7 heteroatoms. The molecule has 132 valence electrons. The number of hydrogen-bond acceptors (Lipinski definition) is 3. The Morgan fingerprint density at radius 1 is 1.12 bits per heavy atom. The third kappa shape index (κ3) is 2.69. The molecule has 0 saturated heterocycles. The van der Waals surface area contributed by atoms with E-state index in [9.17, 15) is 9.18 Å². The summed E-state index contributed by atoms with van der Waals surface area (Å²) in [6.45, 7) is 0.498. The standard InChI is InChI=1S/C19H18FN5O/c20-13-5-3-10(4-6-13)12-7-15-17(19(26)21-9-12)23-18(22-15)16-8-14(24-25-16)11-1-2-11/h3-6,8,11-12H,1-2,7,9H2,(H,21,26)(H,22,23)(H,24,25). The largest absolute Gasteiger partial charge is 0.350 e. The first-order chi connectivity index (χ1) is 12.7. The van der Waals surface area contributed by atoms with Gasteiger partial charge in [0.1, 0.15) is 17.2 Å². The molecular weight excluding hydrogens is 333 g/mol. The SMILES string of the molecule is O=C1NCC(c2ccc(F)cc2)Cc2[nH]c(-c3cc(C4CC4)[nH]n3)nc21. The maximum Gasteiger partial charge on any atom is 0.271 e. The number of rotatable bonds is 3. The summed E-state index contributed by atoms with van der Waals surface area (Å²) >= 11 is 0. The summed E-state index contributed by atoms with van der Waals surface area (Å²) in [5.74, 6) is 0.796. The van der Waals surface area contributed by atoms with Crippen LogP contribution in [-0.2, 0) is 6.42 Å². The molecular formula is C19H18FN5O. The lowest BCUT2D eigenvalue weighted by Gasteiger charge is -2.14. The molecule has 0 bridgehead atoms. The van der Waals surface area contributed by atoms with Gasteiger partial charge < -0.3 is 10.3 Å². The van der Waals surface area contributed by atoms with E-state index in [1.807, 2.05) is 6.07 Å². The van der Waals surface area contributed by atoms with Gasteiger partial charge in [-0.3, -0.25) is 9.89 Å². The van der Waals surface area contributed by atoms with Crippen LogP contribution in [0.3, 0.4) is 0 Å². The van der Waals surface area contributed by atoms with E-state index in [0.717, 1.165) is 22.6 Å². The van der Waals surface area contributed by atoms with E-state index in [-0.39, 0.29) is 17.6 Å². The molecule has 2 aliphatic rings. The Kier molecular flexibility index (Phi) is 3.41. The van der Waals surface area contributed by atoms with Gasteiger partial charge in [0.15, 0.2) is 5.82 Å². The van der Waals surface area contributed by atoms with E-state index < -0.39 is 0 Å². The molecule has 1 aliphatic heterocycles. The summed E-state index contributed by atoms with van der Waals surface area (Å²) in [4.78, 5) is 20.2. The quantitative estimate of drug-likeness (QED) is 0.678. The Labute approximate surface area is 149 Å². The number of carbonyl (C=O) groups is 1. The molecule has 3 N–H and O–H groups in total. The van der Waals surface area contributed by atoms with Gasteiger partial charge in [-0.05, 0) is 43.0 Å². The first-order valence-electron chi connectivity index (χ1n) is 8.85. The monoisotopic (exact) mass is 351 g/mol. The minimum absolute atomic E-state index is 0.0651. The van der Waals surface area contributed by atoms with E-state index in [0.29, 0.717) is 30.4 Å². The summed E-state index contributed by atoms with van der Waals surface area (Å²) in [6, 6.07) is 8.44. The molecule has 1 atom stereocenters. The van der Waals surface area contributed by atoms with E-state index in [1.165, 1.54) is 25.0 Å². The van der Waals surface area contributed by atoms with E-state index >= 15 is 0 Å². The molecule has 1 aliphatic carbocycles. The molecule has 26 heavy (non-hydrogen) atoms. The second-order valence-corrected chi connectivity index (χ2v) is 7.06. The molecule has 0 radical (unpaired) electrons. The topological polar surface area (TPSA) is 86.5 Å². The summed E-state index contributed by atoms with van der Waals surface area (Å²) in [7, 11) is 0. The highest BCUT2D eigenvalue weighted by molar-refractivity contribution is 5.94. The van der Waals surface area contributed by atoms with Crippen LogP contribution in [0.4, 0.5) is 4.39 Å². The van der Waals surface area contributed by atoms with Gasteiger partial charge in [-0.25, -0.2) is 9.37 Å². The van der Waals surface area contributed by atoms with E-state index in [1.54, 1.807) is 12.1 Å². The van der Waals surface area contributed by atoms with Gasteiger partial charge >= 0.3 is 0 Å². The number of H-pyrrole nitrogens is 2. The van der Waals surface area contributed by atoms with Crippen LogP contribution in [-0.4, -0.2) is 32.6 Å². The molecule has 3 aromatic rings. The summed E-state index contributed by atoms with van der Waals surface area (Å²) in [5, 5.41) is 10.3. The van der Waals surface area contributed by atoms with Gasteiger partial charge in [0.25, 0.3) is 5.91 Å². The first kappa shape index (κ1) is 15.3. The third-order valence-corrected chi connectivity index (χ3v) is 5.15. The van der Waals surface area contributed by atoms with Gasteiger partial charge in [0, 0.05) is 29.8 Å². The van der Waals surface area contributed by atoms with Gasteiger partial charge in [-0.2, -0.15) is 5.10 Å². The summed E-state index contributed by atoms with van der Waals surface area (Å²) < 4.78 is 13.2. The molecule has 0 spiro atoms. The lowest BCUT2D eigenvalue weighted by molar-refractivity contribution is 0.0950. The van der Waals surface area contributed by atoms with Gasteiger partial charge in [-0.15, -0.1) is 0 Å². The molecule has 1 aromatic carbocycles. The summed E-state index contributed by atoms with van der Waals surface area (Å²) in [6.07, 6.45) is 3.02. The van der Waals surface area contributed by atoms with Crippen LogP contribution in [0.1, 0.15) is 52.1 Å². The van der Waals surface area contributed by atoms with Gasteiger partial charge in [0.2, 0.25) is 0 Å². The number of nitrogens with one attached hydrogen (secondary N) is 3. The first-order valence-corrected chi connectivity index (χ1v) is 8.85. The van der Waals surface area contributed by atoms with Gasteiger partial charge in [0.05, 0.1) is 0 Å². The van der Waals surface area contributed by atoms with Crippen molar-refractivity contribution in [3.63, 3.8) is 0 Å². The van der Waals surface area contributed by atoms with Crippen molar-refractivity contribution in [1.82, 2.24) is 25.5 Å². The highest BCUT2D eigenvalue weighted by atomic mass is 19.1. The number of imidazole rings is 1. The van der Waals surface area contributed by atoms with Crippen molar-refractivity contribution in [3.05, 3.63) is 58.8 Å². The molecule has 1 fully saturated rings. The van der Waals surface area contributed by atoms with Crippen LogP contribution < -0.4 is 5.32 Å². The van der Waals surface area contributed by atoms with Crippen molar-refractivity contribution in [2.75, 3.05) is 6.54 Å². The Morgan fingerprint density at radius 2 is 1.92 bits per heavy atom. The third-order valence-electron chi connectivity index (χ3n) is 5.15. The van der Waals surface area contributed by atoms with Gasteiger partial charge in [-0.1, -0.05) is 12.1 Å². The number of hydrogen-bond donors (Lipinski definition) is 3. The lowest BCUT2D eigenvalue weighted by Crippen LogP contribution is -2.26. The number of carbonyl (C=O) groups excluding carboxylic acids is 1. The molecule has 5 rings (SSSR count). The van der Waals surface area contributed by atoms with Crippen molar-refractivity contribution < 1.29 is 9.18 Å². The number of fused-ring (bicyclic) bond motifs is 1. The van der Waals surface area contributed by atoms with Crippen LogP contribution in [0, 0.1) is 5.82 Å². The maximum atomic E-state index is 13.2. The highest BCUT2D eigenvalue weighted by Crippen LogP contribution is 2.39. The van der Waals surface area contributed by atoms with Crippen molar-refractivity contribution in [2.24, 2.45) is 0 Å². The van der Waals surface area contributed by atoms with Crippen LogP contribution in [0.25, 0.3) is 11.5 Å². The number of aromatic amines is 2. The Morgan fingerprint density at radius 3 is 2.69 bits per heavy atom. The lowest BCUT2D eigenvalue weighted by atomic mass is 9.94. The Bertz CT molecular complexity index is 970. The minimum atomic E-state index is -0.263. The number of benzene rings is 1. The average Bonchev–Trinajstić information content (AvgIpc) is 3.26. The Hall–Kier alpha value is -2.96. The number of aromatic nitrogens is 4. The normalized spacial score (nSPS) is 19.7. The number of nitrogens with zero attached hydrogens (tertiary/aromatic N) is 2. The zero-order chi connectivity index (χ0) is 17.7. The van der Waals surface area contributed by atoms with Crippen molar-refractivity contribution in [1.29, 1.82) is 0 Å². The van der Waals surface area contributed by atoms with Crippen molar-refractivity contribution in [3.8, 4) is 11.5 Å². The highest BCUT2D eigenvalue weighted by Gasteiger charge is 2.29. The number of amides is 1. The molecule has 2 aromatic heterocycles. The fourth-order valence-corrected chi connectivity index (χ4v) is 3.52. The predicted molar refractivity (Wildman–Crippen MR) is 93.3 cm³/mol. The molecule has 1 saturated carbocycles. The second-order valence-electron chi connectivity index (χ2n) is 7.06. The van der Waals surface area contributed by atoms with Crippen LogP contribution in [0.5, 0.6) is 0 Å². The smallest absolute Gasteiger partial charge is 0.271 e. The van der Waals surface area contributed by atoms with Crippen molar-refractivity contribution >= 4 is 5.91 Å². The van der Waals surface area contributed by atoms with Crippen LogP contribution in [0.15, 0.2) is 30.3 Å². The zero-order valence-electron chi connectivity index (χ0n) is 14.1. The average molecular weight is 351 g/mol. The second kappa shape index (κ2) is 5.79. The molecule has 6 nitrogen and oxygen atoms in total. The summed E-state index contributed by atoms with van der Waals surface area (Å²) in [5.41, 5.74) is 4.05. The predicted octanol–water partition coefficient (Wildman–Crippen LogP) is 2.89. The van der Waals surface area contributed by atoms with Crippen LogP contribution >= 0.6 is 0 Å².